The molecule has 0 spiro atoms. The lowest BCUT2D eigenvalue weighted by atomic mass is 9.71. The van der Waals surface area contributed by atoms with Crippen LogP contribution in [0.25, 0.3) is 0 Å². The highest BCUT2D eigenvalue weighted by Gasteiger charge is 2.41. The van der Waals surface area contributed by atoms with E-state index in [1.54, 1.807) is 25.5 Å². The number of ether oxygens (including phenoxy) is 1. The predicted octanol–water partition coefficient (Wildman–Crippen LogP) is 2.99. The monoisotopic (exact) mass is 276 g/mol. The van der Waals surface area contributed by atoms with Gasteiger partial charge in [-0.2, -0.15) is 0 Å². The molecule has 20 heavy (non-hydrogen) atoms. The summed E-state index contributed by atoms with van der Waals surface area (Å²) in [5.74, 6) is -0.178. The maximum absolute atomic E-state index is 12.3. The van der Waals surface area contributed by atoms with Crippen LogP contribution in [-0.2, 0) is 20.7 Å². The number of esters is 1. The van der Waals surface area contributed by atoms with Gasteiger partial charge in [0.2, 0.25) is 0 Å². The molecule has 108 valence electrons. The molecule has 0 aromatic carbocycles. The van der Waals surface area contributed by atoms with Crippen molar-refractivity contribution in [2.75, 3.05) is 6.61 Å². The van der Waals surface area contributed by atoms with Crippen LogP contribution in [0.4, 0.5) is 0 Å². The van der Waals surface area contributed by atoms with Gasteiger partial charge in [-0.3, -0.25) is 9.59 Å². The minimum Gasteiger partial charge on any atom is -0.472 e. The lowest BCUT2D eigenvalue weighted by Gasteiger charge is -2.32. The maximum Gasteiger partial charge on any atom is 0.315 e. The molecule has 1 aliphatic carbocycles. The molecule has 1 unspecified atom stereocenters. The van der Waals surface area contributed by atoms with Crippen LogP contribution in [0.3, 0.4) is 0 Å². The van der Waals surface area contributed by atoms with Crippen LogP contribution in [0.5, 0.6) is 0 Å². The highest BCUT2D eigenvalue weighted by molar-refractivity contribution is 5.95. The Labute approximate surface area is 118 Å². The summed E-state index contributed by atoms with van der Waals surface area (Å²) in [6, 6.07) is 0. The van der Waals surface area contributed by atoms with Gasteiger partial charge in [0.05, 0.1) is 24.5 Å². The summed E-state index contributed by atoms with van der Waals surface area (Å²) in [6.45, 7) is 5.95. The van der Waals surface area contributed by atoms with Crippen molar-refractivity contribution in [1.82, 2.24) is 0 Å². The van der Waals surface area contributed by atoms with Gasteiger partial charge in [-0.1, -0.05) is 0 Å². The standard InChI is InChI=1S/C16H20O4/c1-4-20-15(18)16(3)6-5-14(17)8-13(16)7-12-10-19-9-11(12)2/h8-10H,4-7H2,1-3H3. The summed E-state index contributed by atoms with van der Waals surface area (Å²) < 4.78 is 10.3. The summed E-state index contributed by atoms with van der Waals surface area (Å²) in [4.78, 5) is 24.0. The summed E-state index contributed by atoms with van der Waals surface area (Å²) in [7, 11) is 0. The topological polar surface area (TPSA) is 56.5 Å². The molecule has 0 saturated heterocycles. The SMILES string of the molecule is CCOC(=O)C1(C)CCC(=O)C=C1Cc1cocc1C. The number of carbonyl (C=O) groups excluding carboxylic acids is 2. The summed E-state index contributed by atoms with van der Waals surface area (Å²) >= 11 is 0. The van der Waals surface area contributed by atoms with E-state index in [4.69, 9.17) is 9.15 Å². The first kappa shape index (κ1) is 14.6. The Morgan fingerprint density at radius 1 is 1.45 bits per heavy atom. The van der Waals surface area contributed by atoms with Crippen LogP contribution in [-0.4, -0.2) is 18.4 Å². The summed E-state index contributed by atoms with van der Waals surface area (Å²) in [6.07, 6.45) is 6.38. The zero-order valence-corrected chi connectivity index (χ0v) is 12.2. The van der Waals surface area contributed by atoms with Crippen molar-refractivity contribution in [3.63, 3.8) is 0 Å². The quantitative estimate of drug-likeness (QED) is 0.793. The smallest absolute Gasteiger partial charge is 0.315 e. The van der Waals surface area contributed by atoms with Crippen LogP contribution < -0.4 is 0 Å². The van der Waals surface area contributed by atoms with Crippen LogP contribution in [0, 0.1) is 12.3 Å². The minimum absolute atomic E-state index is 0.0721. The van der Waals surface area contributed by atoms with Gasteiger partial charge in [-0.15, -0.1) is 0 Å². The predicted molar refractivity (Wildman–Crippen MR) is 74.2 cm³/mol. The van der Waals surface area contributed by atoms with Crippen LogP contribution in [0.15, 0.2) is 28.6 Å². The average molecular weight is 276 g/mol. The number of ketones is 1. The van der Waals surface area contributed by atoms with E-state index >= 15 is 0 Å². The molecule has 0 saturated carbocycles. The van der Waals surface area contributed by atoms with Crippen molar-refractivity contribution in [3.8, 4) is 0 Å². The van der Waals surface area contributed by atoms with E-state index in [2.05, 4.69) is 0 Å². The third-order valence-corrected chi connectivity index (χ3v) is 3.98. The molecule has 1 atom stereocenters. The van der Waals surface area contributed by atoms with Crippen molar-refractivity contribution in [3.05, 3.63) is 35.3 Å². The number of aryl methyl sites for hydroxylation is 1. The van der Waals surface area contributed by atoms with Crippen LogP contribution in [0.2, 0.25) is 0 Å². The second kappa shape index (κ2) is 5.65. The van der Waals surface area contributed by atoms with Gasteiger partial charge in [0.25, 0.3) is 0 Å². The van der Waals surface area contributed by atoms with E-state index < -0.39 is 5.41 Å². The van der Waals surface area contributed by atoms with Gasteiger partial charge in [-0.05, 0) is 56.4 Å². The van der Waals surface area contributed by atoms with E-state index in [9.17, 15) is 9.59 Å². The van der Waals surface area contributed by atoms with Gasteiger partial charge < -0.3 is 9.15 Å². The Kier molecular flexibility index (Phi) is 4.12. The summed E-state index contributed by atoms with van der Waals surface area (Å²) in [5, 5.41) is 0. The molecule has 0 fully saturated rings. The fourth-order valence-electron chi connectivity index (χ4n) is 2.50. The third kappa shape index (κ3) is 2.69. The van der Waals surface area contributed by atoms with Crippen molar-refractivity contribution in [1.29, 1.82) is 0 Å². The van der Waals surface area contributed by atoms with Gasteiger partial charge in [0, 0.05) is 6.42 Å². The summed E-state index contributed by atoms with van der Waals surface area (Å²) in [5.41, 5.74) is 2.13. The Bertz CT molecular complexity index is 553. The molecule has 4 nitrogen and oxygen atoms in total. The first-order chi connectivity index (χ1) is 9.47. The third-order valence-electron chi connectivity index (χ3n) is 3.98. The zero-order valence-electron chi connectivity index (χ0n) is 12.2. The van der Waals surface area contributed by atoms with E-state index in [0.29, 0.717) is 25.9 Å². The fraction of sp³-hybridized carbons (Fsp3) is 0.500. The molecule has 0 radical (unpaired) electrons. The second-order valence-electron chi connectivity index (χ2n) is 5.45. The van der Waals surface area contributed by atoms with Crippen LogP contribution in [0.1, 0.15) is 37.8 Å². The maximum atomic E-state index is 12.3. The number of hydrogen-bond donors (Lipinski definition) is 0. The lowest BCUT2D eigenvalue weighted by molar-refractivity contribution is -0.153. The lowest BCUT2D eigenvalue weighted by Crippen LogP contribution is -2.36. The molecule has 0 amide bonds. The van der Waals surface area contributed by atoms with Gasteiger partial charge in [0.15, 0.2) is 5.78 Å². The average Bonchev–Trinajstić information content (AvgIpc) is 2.80. The first-order valence-corrected chi connectivity index (χ1v) is 6.90. The molecule has 1 aliphatic rings. The molecule has 0 N–H and O–H groups in total. The van der Waals surface area contributed by atoms with Crippen molar-refractivity contribution in [2.24, 2.45) is 5.41 Å². The zero-order chi connectivity index (χ0) is 14.8. The molecule has 2 rings (SSSR count). The highest BCUT2D eigenvalue weighted by Crippen LogP contribution is 2.39. The second-order valence-corrected chi connectivity index (χ2v) is 5.45. The molecule has 0 bridgehead atoms. The van der Waals surface area contributed by atoms with E-state index in [-0.39, 0.29) is 11.8 Å². The Morgan fingerprint density at radius 2 is 2.20 bits per heavy atom. The van der Waals surface area contributed by atoms with E-state index in [1.807, 2.05) is 13.8 Å². The highest BCUT2D eigenvalue weighted by atomic mass is 16.5. The number of furan rings is 1. The molecule has 1 heterocycles. The number of carbonyl (C=O) groups is 2. The Balaban J connectivity index is 2.31. The fourth-order valence-corrected chi connectivity index (χ4v) is 2.50. The van der Waals surface area contributed by atoms with Gasteiger partial charge in [0.1, 0.15) is 0 Å². The van der Waals surface area contributed by atoms with Gasteiger partial charge in [-0.25, -0.2) is 0 Å². The molecule has 1 aromatic rings. The molecule has 0 aliphatic heterocycles. The number of allylic oxidation sites excluding steroid dienone is 1. The molecular formula is C16H20O4. The number of rotatable bonds is 4. The van der Waals surface area contributed by atoms with Crippen LogP contribution >= 0.6 is 0 Å². The largest absolute Gasteiger partial charge is 0.472 e. The van der Waals surface area contributed by atoms with Crippen molar-refractivity contribution < 1.29 is 18.7 Å². The molecular weight excluding hydrogens is 256 g/mol. The van der Waals surface area contributed by atoms with Crippen molar-refractivity contribution >= 4 is 11.8 Å². The van der Waals surface area contributed by atoms with E-state index in [1.165, 1.54) is 0 Å². The molecule has 1 aromatic heterocycles. The Hall–Kier alpha value is -1.84. The Morgan fingerprint density at radius 3 is 2.80 bits per heavy atom. The minimum atomic E-state index is -0.715. The van der Waals surface area contributed by atoms with Crippen molar-refractivity contribution in [2.45, 2.75) is 40.0 Å². The van der Waals surface area contributed by atoms with Gasteiger partial charge >= 0.3 is 5.97 Å². The number of hydrogen-bond acceptors (Lipinski definition) is 4. The van der Waals surface area contributed by atoms with E-state index in [0.717, 1.165) is 16.7 Å². The molecule has 4 heteroatoms. The first-order valence-electron chi connectivity index (χ1n) is 6.90. The normalized spacial score (nSPS) is 22.6.